The Labute approximate surface area is 101 Å². The van der Waals surface area contributed by atoms with Gasteiger partial charge in [-0.1, -0.05) is 0 Å². The molecule has 3 rings (SSSR count). The average Bonchev–Trinajstić information content (AvgIpc) is 2.83. The second-order valence-electron chi connectivity index (χ2n) is 3.54. The summed E-state index contributed by atoms with van der Waals surface area (Å²) in [5.41, 5.74) is 0.693. The molecule has 3 heterocycles. The minimum Gasteiger partial charge on any atom is -0.478 e. The number of carboxylic acids is 1. The summed E-state index contributed by atoms with van der Waals surface area (Å²) in [4.78, 5) is 23.0. The molecule has 0 atom stereocenters. The Morgan fingerprint density at radius 2 is 2.00 bits per heavy atom. The number of rotatable bonds is 2. The van der Waals surface area contributed by atoms with Crippen LogP contribution in [0.1, 0.15) is 10.4 Å². The Kier molecular flexibility index (Phi) is 2.23. The lowest BCUT2D eigenvalue weighted by atomic mass is 10.2. The molecule has 1 N–H and O–H groups in total. The summed E-state index contributed by atoms with van der Waals surface area (Å²) in [5, 5.41) is 13.7. The Hall–Kier alpha value is -2.83. The molecule has 3 aromatic heterocycles. The number of hydrogen-bond donors (Lipinski definition) is 1. The predicted molar refractivity (Wildman–Crippen MR) is 61.4 cm³/mol. The van der Waals surface area contributed by atoms with Gasteiger partial charge in [-0.2, -0.15) is 5.10 Å². The van der Waals surface area contributed by atoms with E-state index in [0.717, 1.165) is 0 Å². The van der Waals surface area contributed by atoms with Crippen molar-refractivity contribution in [1.82, 2.24) is 24.7 Å². The van der Waals surface area contributed by atoms with Crippen molar-refractivity contribution in [3.05, 3.63) is 42.7 Å². The largest absolute Gasteiger partial charge is 0.478 e. The van der Waals surface area contributed by atoms with E-state index in [2.05, 4.69) is 20.1 Å². The zero-order valence-corrected chi connectivity index (χ0v) is 9.06. The van der Waals surface area contributed by atoms with Crippen molar-refractivity contribution in [3.8, 4) is 5.82 Å². The van der Waals surface area contributed by atoms with Crippen LogP contribution in [-0.2, 0) is 0 Å². The van der Waals surface area contributed by atoms with Crippen molar-refractivity contribution in [2.75, 3.05) is 0 Å². The fourth-order valence-corrected chi connectivity index (χ4v) is 1.70. The number of carbonyl (C=O) groups is 1. The number of fused-ring (bicyclic) bond motifs is 1. The predicted octanol–water partition coefficient (Wildman–Crippen LogP) is 0.909. The standard InChI is InChI=1S/C11H7N5O2/c17-11(18)8-3-13-5-9-7(8)4-15-16(9)10-6-12-1-2-14-10/h1-6H,(H,17,18). The lowest BCUT2D eigenvalue weighted by Gasteiger charge is -2.01. The van der Waals surface area contributed by atoms with Crippen LogP contribution in [0, 0.1) is 0 Å². The number of pyridine rings is 1. The fraction of sp³-hybridized carbons (Fsp3) is 0. The van der Waals surface area contributed by atoms with Gasteiger partial charge >= 0.3 is 5.97 Å². The Bertz CT molecular complexity index is 723. The third-order valence-corrected chi connectivity index (χ3v) is 2.49. The number of nitrogens with zero attached hydrogens (tertiary/aromatic N) is 5. The lowest BCUT2D eigenvalue weighted by molar-refractivity contribution is 0.0698. The molecule has 0 aliphatic carbocycles. The summed E-state index contributed by atoms with van der Waals surface area (Å²) in [6.45, 7) is 0. The maximum Gasteiger partial charge on any atom is 0.338 e. The van der Waals surface area contributed by atoms with Crippen LogP contribution in [0.4, 0.5) is 0 Å². The highest BCUT2D eigenvalue weighted by Gasteiger charge is 2.13. The SMILES string of the molecule is O=C(O)c1cncc2c1cnn2-c1cnccn1. The summed E-state index contributed by atoms with van der Waals surface area (Å²) >= 11 is 0. The molecular weight excluding hydrogens is 234 g/mol. The van der Waals surface area contributed by atoms with Crippen molar-refractivity contribution < 1.29 is 9.90 Å². The van der Waals surface area contributed by atoms with Gasteiger partial charge in [-0.15, -0.1) is 0 Å². The van der Waals surface area contributed by atoms with E-state index >= 15 is 0 Å². The molecule has 0 saturated heterocycles. The van der Waals surface area contributed by atoms with Gasteiger partial charge in [-0.05, 0) is 0 Å². The van der Waals surface area contributed by atoms with Crippen molar-refractivity contribution in [3.63, 3.8) is 0 Å². The first-order valence-electron chi connectivity index (χ1n) is 5.09. The van der Waals surface area contributed by atoms with Crippen LogP contribution in [0.2, 0.25) is 0 Å². The van der Waals surface area contributed by atoms with Gasteiger partial charge in [0.15, 0.2) is 5.82 Å². The maximum absolute atomic E-state index is 11.1. The highest BCUT2D eigenvalue weighted by atomic mass is 16.4. The van der Waals surface area contributed by atoms with Crippen LogP contribution < -0.4 is 0 Å². The van der Waals surface area contributed by atoms with E-state index in [1.54, 1.807) is 18.6 Å². The molecular formula is C11H7N5O2. The topological polar surface area (TPSA) is 93.8 Å². The zero-order chi connectivity index (χ0) is 12.5. The van der Waals surface area contributed by atoms with Crippen LogP contribution in [0.25, 0.3) is 16.7 Å². The maximum atomic E-state index is 11.1. The number of aromatic nitrogens is 5. The van der Waals surface area contributed by atoms with Gasteiger partial charge in [0, 0.05) is 24.0 Å². The van der Waals surface area contributed by atoms with E-state index in [0.29, 0.717) is 16.7 Å². The summed E-state index contributed by atoms with van der Waals surface area (Å²) in [6, 6.07) is 0. The van der Waals surface area contributed by atoms with Crippen LogP contribution in [0.3, 0.4) is 0 Å². The molecule has 0 saturated carbocycles. The summed E-state index contributed by atoms with van der Waals surface area (Å²) < 4.78 is 1.50. The Morgan fingerprint density at radius 3 is 2.72 bits per heavy atom. The van der Waals surface area contributed by atoms with Crippen molar-refractivity contribution in [1.29, 1.82) is 0 Å². The molecule has 7 heteroatoms. The third-order valence-electron chi connectivity index (χ3n) is 2.49. The molecule has 18 heavy (non-hydrogen) atoms. The molecule has 88 valence electrons. The number of carboxylic acid groups (broad SMARTS) is 1. The molecule has 0 bridgehead atoms. The normalized spacial score (nSPS) is 10.7. The monoisotopic (exact) mass is 241 g/mol. The number of aromatic carboxylic acids is 1. The molecule has 0 spiro atoms. The second-order valence-corrected chi connectivity index (χ2v) is 3.54. The van der Waals surface area contributed by atoms with Gasteiger partial charge in [-0.25, -0.2) is 14.5 Å². The van der Waals surface area contributed by atoms with E-state index in [9.17, 15) is 4.79 Å². The van der Waals surface area contributed by atoms with E-state index in [-0.39, 0.29) is 5.56 Å². The van der Waals surface area contributed by atoms with Crippen molar-refractivity contribution in [2.45, 2.75) is 0 Å². The smallest absolute Gasteiger partial charge is 0.338 e. The summed E-state index contributed by atoms with van der Waals surface area (Å²) in [5.74, 6) is -0.524. The minimum absolute atomic E-state index is 0.114. The van der Waals surface area contributed by atoms with Crippen molar-refractivity contribution >= 4 is 16.9 Å². The highest BCUT2D eigenvalue weighted by Crippen LogP contribution is 2.19. The highest BCUT2D eigenvalue weighted by molar-refractivity contribution is 6.02. The first-order chi connectivity index (χ1) is 8.77. The van der Waals surface area contributed by atoms with Gasteiger partial charge in [-0.3, -0.25) is 9.97 Å². The quantitative estimate of drug-likeness (QED) is 0.716. The van der Waals surface area contributed by atoms with Crippen LogP contribution in [-0.4, -0.2) is 35.8 Å². The van der Waals surface area contributed by atoms with E-state index < -0.39 is 5.97 Å². The van der Waals surface area contributed by atoms with Gasteiger partial charge in [0.2, 0.25) is 0 Å². The average molecular weight is 241 g/mol. The molecule has 0 aliphatic heterocycles. The molecule has 7 nitrogen and oxygen atoms in total. The van der Waals surface area contributed by atoms with Crippen LogP contribution in [0.5, 0.6) is 0 Å². The van der Waals surface area contributed by atoms with Gasteiger partial charge in [0.1, 0.15) is 0 Å². The zero-order valence-electron chi connectivity index (χ0n) is 9.06. The van der Waals surface area contributed by atoms with E-state index in [1.807, 2.05) is 0 Å². The fourth-order valence-electron chi connectivity index (χ4n) is 1.70. The second kappa shape index (κ2) is 3.88. The molecule has 0 amide bonds. The van der Waals surface area contributed by atoms with Gasteiger partial charge in [0.25, 0.3) is 0 Å². The van der Waals surface area contributed by atoms with E-state index in [1.165, 1.54) is 23.3 Å². The van der Waals surface area contributed by atoms with Crippen LogP contribution >= 0.6 is 0 Å². The minimum atomic E-state index is -1.04. The molecule has 0 fully saturated rings. The molecule has 0 radical (unpaired) electrons. The first kappa shape index (κ1) is 10.3. The Morgan fingerprint density at radius 1 is 1.11 bits per heavy atom. The van der Waals surface area contributed by atoms with E-state index in [4.69, 9.17) is 5.11 Å². The molecule has 3 aromatic rings. The molecule has 0 aliphatic rings. The van der Waals surface area contributed by atoms with Gasteiger partial charge < -0.3 is 5.11 Å². The summed E-state index contributed by atoms with van der Waals surface area (Å²) in [7, 11) is 0. The molecule has 0 unspecified atom stereocenters. The van der Waals surface area contributed by atoms with Crippen molar-refractivity contribution in [2.24, 2.45) is 0 Å². The Balaban J connectivity index is 2.28. The number of hydrogen-bond acceptors (Lipinski definition) is 5. The first-order valence-corrected chi connectivity index (χ1v) is 5.09. The third kappa shape index (κ3) is 1.49. The summed E-state index contributed by atoms with van der Waals surface area (Å²) in [6.07, 6.45) is 8.96. The van der Waals surface area contributed by atoms with Gasteiger partial charge in [0.05, 0.1) is 29.7 Å². The molecule has 0 aromatic carbocycles. The lowest BCUT2D eigenvalue weighted by Crippen LogP contribution is -2.01. The van der Waals surface area contributed by atoms with Crippen LogP contribution in [0.15, 0.2) is 37.2 Å².